The van der Waals surface area contributed by atoms with Crippen LogP contribution in [0.5, 0.6) is 0 Å². The van der Waals surface area contributed by atoms with Crippen molar-refractivity contribution in [2.75, 3.05) is 13.7 Å². The predicted octanol–water partition coefficient (Wildman–Crippen LogP) is 5.30. The summed E-state index contributed by atoms with van der Waals surface area (Å²) in [5, 5.41) is 0. The molecule has 2 heterocycles. The molecule has 3 aromatic rings. The number of ether oxygens (including phenoxy) is 6. The maximum atomic E-state index is 13.1. The molecule has 2 saturated heterocycles. The molecule has 2 aliphatic rings. The van der Waals surface area contributed by atoms with Crippen molar-refractivity contribution < 1.29 is 33.2 Å². The third-order valence-corrected chi connectivity index (χ3v) is 7.53. The average molecular weight is 553 g/mol. The number of rotatable bonds is 7. The lowest BCUT2D eigenvalue weighted by Crippen LogP contribution is -2.64. The Morgan fingerprint density at radius 1 is 0.895 bits per heavy atom. The van der Waals surface area contributed by atoms with E-state index >= 15 is 0 Å². The molecule has 0 aromatic heterocycles. The van der Waals surface area contributed by atoms with Crippen molar-refractivity contribution in [2.24, 2.45) is 0 Å². The number of benzene rings is 3. The Balaban J connectivity index is 1.39. The van der Waals surface area contributed by atoms with E-state index in [1.807, 2.05) is 66.7 Å². The van der Waals surface area contributed by atoms with Crippen LogP contribution >= 0.6 is 24.0 Å². The number of thiocarbonyl (C=S) groups is 1. The smallest absolute Gasteiger partial charge is 0.338 e. The zero-order chi connectivity index (χ0) is 26.3. The first kappa shape index (κ1) is 26.8. The summed E-state index contributed by atoms with van der Waals surface area (Å²) in [4.78, 5) is 13.1. The van der Waals surface area contributed by atoms with E-state index in [4.69, 9.17) is 40.6 Å². The van der Waals surface area contributed by atoms with Crippen LogP contribution in [0.2, 0.25) is 0 Å². The molecule has 2 fully saturated rings. The monoisotopic (exact) mass is 552 g/mol. The second-order valence-corrected chi connectivity index (χ2v) is 10.4. The molecule has 2 aliphatic heterocycles. The molecule has 6 atom stereocenters. The Hall–Kier alpha value is -2.79. The van der Waals surface area contributed by atoms with Gasteiger partial charge in [-0.1, -0.05) is 90.6 Å². The van der Waals surface area contributed by atoms with Crippen LogP contribution in [0.3, 0.4) is 0 Å². The van der Waals surface area contributed by atoms with Gasteiger partial charge in [-0.25, -0.2) is 4.79 Å². The molecule has 9 heteroatoms. The molecule has 0 aliphatic carbocycles. The minimum absolute atomic E-state index is 0.243. The highest BCUT2D eigenvalue weighted by atomic mass is 32.2. The van der Waals surface area contributed by atoms with Crippen LogP contribution < -0.4 is 0 Å². The SMILES string of the molecule is CO[C@H]1O[C@@H]2COC(c3ccccc3)O[C@H]2[C@H](OC(=S)SCc2ccccc2)[C@H]1OC(=O)c1ccccc1. The van der Waals surface area contributed by atoms with Gasteiger partial charge in [-0.2, -0.15) is 0 Å². The number of carbonyl (C=O) groups is 1. The van der Waals surface area contributed by atoms with Crippen LogP contribution in [-0.2, 0) is 34.2 Å². The molecule has 38 heavy (non-hydrogen) atoms. The Morgan fingerprint density at radius 2 is 1.55 bits per heavy atom. The quantitative estimate of drug-likeness (QED) is 0.287. The van der Waals surface area contributed by atoms with Gasteiger partial charge in [0.1, 0.15) is 12.2 Å². The number of thioether (sulfide) groups is 1. The fourth-order valence-electron chi connectivity index (χ4n) is 4.40. The van der Waals surface area contributed by atoms with Crippen LogP contribution in [0.25, 0.3) is 0 Å². The second kappa shape index (κ2) is 12.8. The third kappa shape index (κ3) is 6.43. The molecule has 198 valence electrons. The average Bonchev–Trinajstić information content (AvgIpc) is 2.98. The van der Waals surface area contributed by atoms with Gasteiger partial charge < -0.3 is 28.4 Å². The molecule has 0 N–H and O–H groups in total. The fraction of sp³-hybridized carbons (Fsp3) is 0.310. The standard InChI is InChI=1S/C29H28O7S2/c1-31-28-25(34-26(30)20-13-7-3-8-14-20)24(36-29(37)38-18-19-11-5-2-6-12-19)23-22(33-28)17-32-27(35-23)21-15-9-4-10-16-21/h2-16,22-25,27-28H,17-18H2,1H3/t22-,23-,24+,25-,27?,28+/m1/s1. The van der Waals surface area contributed by atoms with Crippen LogP contribution in [0, 0.1) is 0 Å². The van der Waals surface area contributed by atoms with Crippen molar-refractivity contribution in [1.82, 2.24) is 0 Å². The van der Waals surface area contributed by atoms with E-state index in [2.05, 4.69) is 0 Å². The normalized spacial score (nSPS) is 26.7. The molecular formula is C29H28O7S2. The van der Waals surface area contributed by atoms with E-state index in [-0.39, 0.29) is 6.61 Å². The van der Waals surface area contributed by atoms with Crippen LogP contribution in [0.4, 0.5) is 0 Å². The van der Waals surface area contributed by atoms with E-state index in [0.717, 1.165) is 11.1 Å². The molecule has 5 rings (SSSR count). The largest absolute Gasteiger partial charge is 0.468 e. The highest BCUT2D eigenvalue weighted by molar-refractivity contribution is 8.22. The maximum absolute atomic E-state index is 13.1. The van der Waals surface area contributed by atoms with E-state index in [1.165, 1.54) is 18.9 Å². The number of hydrogen-bond donors (Lipinski definition) is 0. The summed E-state index contributed by atoms with van der Waals surface area (Å²) in [7, 11) is 1.49. The van der Waals surface area contributed by atoms with Crippen molar-refractivity contribution in [3.8, 4) is 0 Å². The van der Waals surface area contributed by atoms with E-state index < -0.39 is 43.0 Å². The summed E-state index contributed by atoms with van der Waals surface area (Å²) in [5.74, 6) is 0.110. The molecule has 0 bridgehead atoms. The molecule has 0 saturated carbocycles. The van der Waals surface area contributed by atoms with Gasteiger partial charge >= 0.3 is 5.97 Å². The molecule has 0 spiro atoms. The zero-order valence-corrected chi connectivity index (χ0v) is 22.3. The lowest BCUT2D eigenvalue weighted by Gasteiger charge is -2.48. The maximum Gasteiger partial charge on any atom is 0.338 e. The molecule has 0 amide bonds. The van der Waals surface area contributed by atoms with E-state index in [0.29, 0.717) is 15.7 Å². The minimum Gasteiger partial charge on any atom is -0.468 e. The zero-order valence-electron chi connectivity index (χ0n) is 20.7. The highest BCUT2D eigenvalue weighted by Gasteiger charge is 2.53. The van der Waals surface area contributed by atoms with Gasteiger partial charge in [0.05, 0.1) is 12.2 Å². The Kier molecular flexibility index (Phi) is 9.06. The Bertz CT molecular complexity index is 1200. The first-order valence-electron chi connectivity index (χ1n) is 12.3. The van der Waals surface area contributed by atoms with Crippen molar-refractivity contribution >= 4 is 34.3 Å². The second-order valence-electron chi connectivity index (χ2n) is 8.80. The van der Waals surface area contributed by atoms with Gasteiger partial charge in [0.2, 0.25) is 4.38 Å². The Morgan fingerprint density at radius 3 is 2.24 bits per heavy atom. The summed E-state index contributed by atoms with van der Waals surface area (Å²) in [5.41, 5.74) is 2.37. The van der Waals surface area contributed by atoms with Crippen molar-refractivity contribution in [2.45, 2.75) is 42.7 Å². The number of fused-ring (bicyclic) bond motifs is 1. The van der Waals surface area contributed by atoms with Gasteiger partial charge in [0.15, 0.2) is 24.8 Å². The van der Waals surface area contributed by atoms with E-state index in [9.17, 15) is 4.79 Å². The molecule has 7 nitrogen and oxygen atoms in total. The van der Waals surface area contributed by atoms with Gasteiger partial charge in [-0.15, -0.1) is 0 Å². The summed E-state index contributed by atoms with van der Waals surface area (Å²) < 4.78 is 36.7. The van der Waals surface area contributed by atoms with Gasteiger partial charge in [-0.05, 0) is 29.9 Å². The first-order valence-corrected chi connectivity index (χ1v) is 13.7. The van der Waals surface area contributed by atoms with Crippen LogP contribution in [-0.4, -0.2) is 54.8 Å². The first-order chi connectivity index (χ1) is 18.6. The summed E-state index contributed by atoms with van der Waals surface area (Å²) in [6.45, 7) is 0.243. The van der Waals surface area contributed by atoms with Crippen LogP contribution in [0.15, 0.2) is 91.0 Å². The molecular weight excluding hydrogens is 524 g/mol. The molecule has 0 radical (unpaired) electrons. The highest BCUT2D eigenvalue weighted by Crippen LogP contribution is 2.37. The van der Waals surface area contributed by atoms with Gasteiger partial charge in [-0.3, -0.25) is 0 Å². The fourth-order valence-corrected chi connectivity index (χ4v) is 5.35. The number of carbonyl (C=O) groups excluding carboxylic acids is 1. The van der Waals surface area contributed by atoms with Crippen molar-refractivity contribution in [3.05, 3.63) is 108 Å². The molecule has 1 unspecified atom stereocenters. The minimum atomic E-state index is -0.946. The summed E-state index contributed by atoms with van der Waals surface area (Å²) in [6, 6.07) is 28.3. The third-order valence-electron chi connectivity index (χ3n) is 6.27. The Labute approximate surface area is 231 Å². The van der Waals surface area contributed by atoms with Crippen molar-refractivity contribution in [1.29, 1.82) is 0 Å². The van der Waals surface area contributed by atoms with Crippen LogP contribution in [0.1, 0.15) is 27.8 Å². The summed E-state index contributed by atoms with van der Waals surface area (Å²) in [6.07, 6.45) is -4.43. The topological polar surface area (TPSA) is 72.5 Å². The number of hydrogen-bond acceptors (Lipinski definition) is 9. The predicted molar refractivity (Wildman–Crippen MR) is 147 cm³/mol. The van der Waals surface area contributed by atoms with Gasteiger partial charge in [0.25, 0.3) is 0 Å². The molecule has 3 aromatic carbocycles. The van der Waals surface area contributed by atoms with Crippen molar-refractivity contribution in [3.63, 3.8) is 0 Å². The van der Waals surface area contributed by atoms with E-state index in [1.54, 1.807) is 24.3 Å². The number of esters is 1. The van der Waals surface area contributed by atoms with Gasteiger partial charge in [0, 0.05) is 18.4 Å². The number of methoxy groups -OCH3 is 1. The lowest BCUT2D eigenvalue weighted by molar-refractivity contribution is -0.354. The lowest BCUT2D eigenvalue weighted by atomic mass is 9.97. The summed E-state index contributed by atoms with van der Waals surface area (Å²) >= 11 is 7.00.